The third-order valence-corrected chi connectivity index (χ3v) is 3.38. The van der Waals surface area contributed by atoms with Crippen LogP contribution in [0.2, 0.25) is 5.02 Å². The number of hydrogen-bond donors (Lipinski definition) is 1. The molecule has 0 aliphatic carbocycles. The van der Waals surface area contributed by atoms with Crippen molar-refractivity contribution in [2.45, 2.75) is 20.3 Å². The molecule has 1 unspecified atom stereocenters. The van der Waals surface area contributed by atoms with Gasteiger partial charge in [-0.1, -0.05) is 37.6 Å². The fraction of sp³-hybridized carbons (Fsp3) is 0.500. The summed E-state index contributed by atoms with van der Waals surface area (Å²) in [4.78, 5) is 0. The number of benzene rings is 1. The molecule has 1 aliphatic rings. The highest BCUT2D eigenvalue weighted by Crippen LogP contribution is 2.33. The Kier molecular flexibility index (Phi) is 2.69. The van der Waals surface area contributed by atoms with Gasteiger partial charge in [-0.25, -0.2) is 0 Å². The zero-order valence-corrected chi connectivity index (χ0v) is 9.43. The molecule has 0 bridgehead atoms. The molecule has 0 fully saturated rings. The standard InChI is InChI=1S/C12H16ClN/c1-8(2)10-6-9-4-3-5-11(13)12(9)14-7-10/h3-5,8,10,14H,6-7H2,1-2H3. The lowest BCUT2D eigenvalue weighted by molar-refractivity contribution is 0.394. The van der Waals surface area contributed by atoms with Gasteiger partial charge in [-0.2, -0.15) is 0 Å². The summed E-state index contributed by atoms with van der Waals surface area (Å²) >= 11 is 6.11. The number of rotatable bonds is 1. The molecule has 1 aliphatic heterocycles. The highest BCUT2D eigenvalue weighted by atomic mass is 35.5. The fourth-order valence-electron chi connectivity index (χ4n) is 2.00. The number of hydrogen-bond acceptors (Lipinski definition) is 1. The number of halogens is 1. The second-order valence-electron chi connectivity index (χ2n) is 4.36. The highest BCUT2D eigenvalue weighted by Gasteiger charge is 2.21. The maximum Gasteiger partial charge on any atom is 0.0640 e. The fourth-order valence-corrected chi connectivity index (χ4v) is 2.26. The lowest BCUT2D eigenvalue weighted by atomic mass is 9.86. The van der Waals surface area contributed by atoms with Gasteiger partial charge < -0.3 is 5.32 Å². The van der Waals surface area contributed by atoms with Crippen molar-refractivity contribution in [2.24, 2.45) is 11.8 Å². The molecule has 1 N–H and O–H groups in total. The lowest BCUT2D eigenvalue weighted by Gasteiger charge is -2.29. The molecule has 1 aromatic carbocycles. The van der Waals surface area contributed by atoms with Crippen molar-refractivity contribution in [1.29, 1.82) is 0 Å². The molecule has 1 aromatic rings. The van der Waals surface area contributed by atoms with Crippen LogP contribution in [0.4, 0.5) is 5.69 Å². The molecule has 0 saturated heterocycles. The van der Waals surface area contributed by atoms with Crippen LogP contribution in [0.15, 0.2) is 18.2 Å². The van der Waals surface area contributed by atoms with Crippen LogP contribution in [0.5, 0.6) is 0 Å². The van der Waals surface area contributed by atoms with Crippen molar-refractivity contribution >= 4 is 17.3 Å². The summed E-state index contributed by atoms with van der Waals surface area (Å²) in [5, 5.41) is 4.28. The van der Waals surface area contributed by atoms with E-state index < -0.39 is 0 Å². The summed E-state index contributed by atoms with van der Waals surface area (Å²) in [7, 11) is 0. The number of nitrogens with one attached hydrogen (secondary N) is 1. The Morgan fingerprint density at radius 3 is 2.93 bits per heavy atom. The maximum atomic E-state index is 6.11. The summed E-state index contributed by atoms with van der Waals surface area (Å²) in [6, 6.07) is 6.15. The van der Waals surface area contributed by atoms with Gasteiger partial charge in [0.15, 0.2) is 0 Å². The second kappa shape index (κ2) is 3.82. The van der Waals surface area contributed by atoms with Gasteiger partial charge in [-0.05, 0) is 29.9 Å². The molecule has 0 radical (unpaired) electrons. The van der Waals surface area contributed by atoms with Crippen molar-refractivity contribution in [3.63, 3.8) is 0 Å². The first-order valence-corrected chi connectivity index (χ1v) is 5.57. The van der Waals surface area contributed by atoms with Crippen molar-refractivity contribution in [2.75, 3.05) is 11.9 Å². The molecule has 1 nitrogen and oxygen atoms in total. The molecule has 1 atom stereocenters. The van der Waals surface area contributed by atoms with Crippen LogP contribution >= 0.6 is 11.6 Å². The first-order valence-electron chi connectivity index (χ1n) is 5.19. The molecule has 2 heteroatoms. The van der Waals surface area contributed by atoms with Gasteiger partial charge in [0.2, 0.25) is 0 Å². The normalized spacial score (nSPS) is 20.4. The molecule has 0 amide bonds. The van der Waals surface area contributed by atoms with E-state index in [1.165, 1.54) is 5.56 Å². The van der Waals surface area contributed by atoms with E-state index in [4.69, 9.17) is 11.6 Å². The van der Waals surface area contributed by atoms with Gasteiger partial charge in [0.05, 0.1) is 10.7 Å². The van der Waals surface area contributed by atoms with Crippen LogP contribution < -0.4 is 5.32 Å². The van der Waals surface area contributed by atoms with Crippen molar-refractivity contribution in [1.82, 2.24) is 0 Å². The Bertz CT molecular complexity index is 333. The zero-order chi connectivity index (χ0) is 10.1. The Morgan fingerprint density at radius 1 is 1.43 bits per heavy atom. The first kappa shape index (κ1) is 9.85. The Labute approximate surface area is 90.5 Å². The Balaban J connectivity index is 2.27. The van der Waals surface area contributed by atoms with Gasteiger partial charge in [-0.3, -0.25) is 0 Å². The van der Waals surface area contributed by atoms with E-state index in [0.29, 0.717) is 0 Å². The minimum Gasteiger partial charge on any atom is -0.383 e. The summed E-state index contributed by atoms with van der Waals surface area (Å²) in [5.74, 6) is 1.47. The minimum atomic E-state index is 0.731. The molecule has 2 rings (SSSR count). The van der Waals surface area contributed by atoms with Crippen LogP contribution in [0.1, 0.15) is 19.4 Å². The molecule has 1 heterocycles. The smallest absolute Gasteiger partial charge is 0.0640 e. The largest absolute Gasteiger partial charge is 0.383 e. The third kappa shape index (κ3) is 1.74. The monoisotopic (exact) mass is 209 g/mol. The Morgan fingerprint density at radius 2 is 2.21 bits per heavy atom. The van der Waals surface area contributed by atoms with Gasteiger partial charge in [0.1, 0.15) is 0 Å². The summed E-state index contributed by atoms with van der Waals surface area (Å²) in [6.45, 7) is 5.61. The van der Waals surface area contributed by atoms with Crippen LogP contribution in [0, 0.1) is 11.8 Å². The minimum absolute atomic E-state index is 0.731. The van der Waals surface area contributed by atoms with Crippen LogP contribution in [-0.4, -0.2) is 6.54 Å². The van der Waals surface area contributed by atoms with E-state index in [1.54, 1.807) is 0 Å². The number of para-hydroxylation sites is 1. The Hall–Kier alpha value is -0.690. The SMILES string of the molecule is CC(C)C1CNc2c(Cl)cccc2C1. The zero-order valence-electron chi connectivity index (χ0n) is 8.68. The van der Waals surface area contributed by atoms with Gasteiger partial charge in [0, 0.05) is 6.54 Å². The maximum absolute atomic E-state index is 6.11. The topological polar surface area (TPSA) is 12.0 Å². The third-order valence-electron chi connectivity index (χ3n) is 3.07. The van der Waals surface area contributed by atoms with Gasteiger partial charge >= 0.3 is 0 Å². The highest BCUT2D eigenvalue weighted by molar-refractivity contribution is 6.33. The van der Waals surface area contributed by atoms with Crippen molar-refractivity contribution < 1.29 is 0 Å². The van der Waals surface area contributed by atoms with Crippen molar-refractivity contribution in [3.8, 4) is 0 Å². The predicted molar refractivity (Wildman–Crippen MR) is 62.0 cm³/mol. The van der Waals surface area contributed by atoms with E-state index in [1.807, 2.05) is 12.1 Å². The van der Waals surface area contributed by atoms with E-state index >= 15 is 0 Å². The molecular formula is C12H16ClN. The number of fused-ring (bicyclic) bond motifs is 1. The van der Waals surface area contributed by atoms with E-state index in [-0.39, 0.29) is 0 Å². The van der Waals surface area contributed by atoms with Crippen LogP contribution in [0.25, 0.3) is 0 Å². The van der Waals surface area contributed by atoms with E-state index in [0.717, 1.165) is 35.5 Å². The summed E-state index contributed by atoms with van der Waals surface area (Å²) in [5.41, 5.74) is 2.51. The van der Waals surface area contributed by atoms with Crippen LogP contribution in [-0.2, 0) is 6.42 Å². The van der Waals surface area contributed by atoms with Crippen LogP contribution in [0.3, 0.4) is 0 Å². The van der Waals surface area contributed by atoms with Gasteiger partial charge in [-0.15, -0.1) is 0 Å². The molecular weight excluding hydrogens is 194 g/mol. The quantitative estimate of drug-likeness (QED) is 0.746. The first-order chi connectivity index (χ1) is 6.68. The predicted octanol–water partition coefficient (Wildman–Crippen LogP) is 3.58. The van der Waals surface area contributed by atoms with E-state index in [2.05, 4.69) is 25.2 Å². The second-order valence-corrected chi connectivity index (χ2v) is 4.77. The average molecular weight is 210 g/mol. The molecule has 0 spiro atoms. The van der Waals surface area contributed by atoms with E-state index in [9.17, 15) is 0 Å². The molecule has 14 heavy (non-hydrogen) atoms. The average Bonchev–Trinajstić information content (AvgIpc) is 2.17. The summed E-state index contributed by atoms with van der Waals surface area (Å²) < 4.78 is 0. The summed E-state index contributed by atoms with van der Waals surface area (Å²) in [6.07, 6.45) is 1.15. The molecule has 0 saturated carbocycles. The lowest BCUT2D eigenvalue weighted by Crippen LogP contribution is -2.27. The number of anilines is 1. The molecule has 76 valence electrons. The van der Waals surface area contributed by atoms with Gasteiger partial charge in [0.25, 0.3) is 0 Å². The van der Waals surface area contributed by atoms with Crippen molar-refractivity contribution in [3.05, 3.63) is 28.8 Å². The molecule has 0 aromatic heterocycles.